The lowest BCUT2D eigenvalue weighted by Gasteiger charge is -2.17. The quantitative estimate of drug-likeness (QED) is 0.919. The van der Waals surface area contributed by atoms with Crippen molar-refractivity contribution in [3.05, 3.63) is 60.2 Å². The van der Waals surface area contributed by atoms with Crippen LogP contribution in [0.5, 0.6) is 5.75 Å². The van der Waals surface area contributed by atoms with Crippen molar-refractivity contribution in [2.45, 2.75) is 13.0 Å². The monoisotopic (exact) mass is 310 g/mol. The number of ether oxygens (including phenoxy) is 1. The minimum atomic E-state index is -0.433. The van der Waals surface area contributed by atoms with Gasteiger partial charge >= 0.3 is 0 Å². The van der Waals surface area contributed by atoms with E-state index in [4.69, 9.17) is 10.5 Å². The minimum absolute atomic E-state index is 0.0889. The van der Waals surface area contributed by atoms with Crippen LogP contribution >= 0.6 is 0 Å². The fourth-order valence-corrected chi connectivity index (χ4v) is 2.63. The van der Waals surface area contributed by atoms with Crippen LogP contribution in [0.25, 0.3) is 0 Å². The van der Waals surface area contributed by atoms with Crippen molar-refractivity contribution in [1.82, 2.24) is 0 Å². The maximum Gasteiger partial charge on any atom is 0.227 e. The molecule has 1 atom stereocenters. The van der Waals surface area contributed by atoms with Crippen molar-refractivity contribution in [3.8, 4) is 5.75 Å². The van der Waals surface area contributed by atoms with Crippen molar-refractivity contribution < 1.29 is 14.3 Å². The van der Waals surface area contributed by atoms with Crippen LogP contribution in [-0.2, 0) is 16.2 Å². The van der Waals surface area contributed by atoms with Gasteiger partial charge in [0, 0.05) is 24.7 Å². The minimum Gasteiger partial charge on any atom is -0.489 e. The second kappa shape index (κ2) is 6.52. The second-order valence-corrected chi connectivity index (χ2v) is 5.58. The maximum absolute atomic E-state index is 12.1. The van der Waals surface area contributed by atoms with Gasteiger partial charge in [0.2, 0.25) is 11.8 Å². The number of carbonyl (C=O) groups is 2. The molecule has 2 N–H and O–H groups in total. The molecule has 2 aromatic carbocycles. The zero-order valence-electron chi connectivity index (χ0n) is 12.6. The molecule has 0 spiro atoms. The highest BCUT2D eigenvalue weighted by atomic mass is 16.5. The van der Waals surface area contributed by atoms with E-state index in [2.05, 4.69) is 0 Å². The Labute approximate surface area is 134 Å². The molecular formula is C18H18N2O3. The molecule has 5 heteroatoms. The number of amides is 2. The molecule has 0 aliphatic carbocycles. The van der Waals surface area contributed by atoms with E-state index in [-0.39, 0.29) is 12.3 Å². The second-order valence-electron chi connectivity index (χ2n) is 5.58. The van der Waals surface area contributed by atoms with Gasteiger partial charge in [-0.15, -0.1) is 0 Å². The first-order valence-electron chi connectivity index (χ1n) is 7.50. The van der Waals surface area contributed by atoms with Gasteiger partial charge in [-0.1, -0.05) is 36.4 Å². The molecule has 118 valence electrons. The summed E-state index contributed by atoms with van der Waals surface area (Å²) < 4.78 is 5.77. The van der Waals surface area contributed by atoms with Gasteiger partial charge in [0.05, 0.1) is 5.92 Å². The zero-order chi connectivity index (χ0) is 16.2. The highest BCUT2D eigenvalue weighted by Crippen LogP contribution is 2.28. The molecule has 2 amide bonds. The molecule has 5 nitrogen and oxygen atoms in total. The lowest BCUT2D eigenvalue weighted by atomic mass is 10.1. The SMILES string of the molecule is NC(=O)C1CC(=O)N(c2cccc(OCc3ccccc3)c2)C1. The molecule has 1 heterocycles. The fraction of sp³-hybridized carbons (Fsp3) is 0.222. The summed E-state index contributed by atoms with van der Waals surface area (Å²) in [7, 11) is 0. The predicted octanol–water partition coefficient (Wildman–Crippen LogP) is 2.10. The van der Waals surface area contributed by atoms with Crippen molar-refractivity contribution >= 4 is 17.5 Å². The molecule has 1 saturated heterocycles. The summed E-state index contributed by atoms with van der Waals surface area (Å²) >= 11 is 0. The van der Waals surface area contributed by atoms with Crippen LogP contribution in [0.2, 0.25) is 0 Å². The number of hydrogen-bond donors (Lipinski definition) is 1. The Hall–Kier alpha value is -2.82. The fourth-order valence-electron chi connectivity index (χ4n) is 2.63. The van der Waals surface area contributed by atoms with E-state index in [0.29, 0.717) is 18.9 Å². The van der Waals surface area contributed by atoms with Crippen molar-refractivity contribution in [1.29, 1.82) is 0 Å². The topological polar surface area (TPSA) is 72.6 Å². The molecule has 1 fully saturated rings. The summed E-state index contributed by atoms with van der Waals surface area (Å²) in [5.41, 5.74) is 7.10. The average molecular weight is 310 g/mol. The Bertz CT molecular complexity index is 715. The Morgan fingerprint density at radius 1 is 1.17 bits per heavy atom. The van der Waals surface area contributed by atoms with Gasteiger partial charge in [0.1, 0.15) is 12.4 Å². The van der Waals surface area contributed by atoms with Crippen molar-refractivity contribution in [2.24, 2.45) is 11.7 Å². The summed E-state index contributed by atoms with van der Waals surface area (Å²) in [5.74, 6) is -0.260. The van der Waals surface area contributed by atoms with E-state index in [9.17, 15) is 9.59 Å². The highest BCUT2D eigenvalue weighted by Gasteiger charge is 2.33. The highest BCUT2D eigenvalue weighted by molar-refractivity contribution is 6.00. The van der Waals surface area contributed by atoms with Gasteiger partial charge in [-0.3, -0.25) is 9.59 Å². The Kier molecular flexibility index (Phi) is 4.28. The summed E-state index contributed by atoms with van der Waals surface area (Å²) in [6, 6.07) is 17.2. The molecule has 3 rings (SSSR count). The molecule has 0 bridgehead atoms. The smallest absolute Gasteiger partial charge is 0.227 e. The zero-order valence-corrected chi connectivity index (χ0v) is 12.6. The largest absolute Gasteiger partial charge is 0.489 e. The van der Waals surface area contributed by atoms with E-state index in [1.54, 1.807) is 4.90 Å². The van der Waals surface area contributed by atoms with E-state index in [0.717, 1.165) is 11.3 Å². The number of primary amides is 1. The van der Waals surface area contributed by atoms with Crippen molar-refractivity contribution in [2.75, 3.05) is 11.4 Å². The predicted molar refractivity (Wildman–Crippen MR) is 86.9 cm³/mol. The van der Waals surface area contributed by atoms with E-state index in [1.807, 2.05) is 54.6 Å². The Morgan fingerprint density at radius 3 is 2.65 bits per heavy atom. The van der Waals surface area contributed by atoms with Gasteiger partial charge in [0.25, 0.3) is 0 Å². The lowest BCUT2D eigenvalue weighted by Crippen LogP contribution is -2.28. The molecule has 0 saturated carbocycles. The van der Waals surface area contributed by atoms with E-state index >= 15 is 0 Å². The number of rotatable bonds is 5. The first-order chi connectivity index (χ1) is 11.1. The van der Waals surface area contributed by atoms with Crippen LogP contribution in [0.1, 0.15) is 12.0 Å². The number of nitrogens with zero attached hydrogens (tertiary/aromatic N) is 1. The molecule has 2 aromatic rings. The molecular weight excluding hydrogens is 292 g/mol. The third-order valence-corrected chi connectivity index (χ3v) is 3.91. The van der Waals surface area contributed by atoms with Gasteiger partial charge in [-0.25, -0.2) is 0 Å². The van der Waals surface area contributed by atoms with Crippen molar-refractivity contribution in [3.63, 3.8) is 0 Å². The number of carbonyl (C=O) groups excluding carboxylic acids is 2. The van der Waals surface area contributed by atoms with Crippen LogP contribution in [0.15, 0.2) is 54.6 Å². The summed E-state index contributed by atoms with van der Waals surface area (Å²) in [6.07, 6.45) is 0.171. The molecule has 1 aliphatic heterocycles. The van der Waals surface area contributed by atoms with Crippen LogP contribution in [0.4, 0.5) is 5.69 Å². The van der Waals surface area contributed by atoms with Gasteiger partial charge in [0.15, 0.2) is 0 Å². The Morgan fingerprint density at radius 2 is 1.96 bits per heavy atom. The molecule has 1 unspecified atom stereocenters. The molecule has 0 radical (unpaired) electrons. The third kappa shape index (κ3) is 3.51. The standard InChI is InChI=1S/C18H18N2O3/c19-18(22)14-9-17(21)20(11-14)15-7-4-8-16(10-15)23-12-13-5-2-1-3-6-13/h1-8,10,14H,9,11-12H2,(H2,19,22). The number of anilines is 1. The number of nitrogens with two attached hydrogens (primary N) is 1. The first-order valence-corrected chi connectivity index (χ1v) is 7.50. The van der Waals surface area contributed by atoms with Crippen LogP contribution < -0.4 is 15.4 Å². The van der Waals surface area contributed by atoms with E-state index in [1.165, 1.54) is 0 Å². The molecule has 0 aromatic heterocycles. The van der Waals surface area contributed by atoms with E-state index < -0.39 is 11.8 Å². The van der Waals surface area contributed by atoms with Crippen LogP contribution in [0.3, 0.4) is 0 Å². The van der Waals surface area contributed by atoms with Gasteiger partial charge in [-0.2, -0.15) is 0 Å². The average Bonchev–Trinajstić information content (AvgIpc) is 2.96. The summed E-state index contributed by atoms with van der Waals surface area (Å²) in [4.78, 5) is 24.9. The summed E-state index contributed by atoms with van der Waals surface area (Å²) in [6.45, 7) is 0.790. The normalized spacial score (nSPS) is 17.3. The Balaban J connectivity index is 1.70. The lowest BCUT2D eigenvalue weighted by molar-refractivity contribution is -0.123. The summed E-state index contributed by atoms with van der Waals surface area (Å²) in [5, 5.41) is 0. The third-order valence-electron chi connectivity index (χ3n) is 3.91. The van der Waals surface area contributed by atoms with Crippen LogP contribution in [0, 0.1) is 5.92 Å². The maximum atomic E-state index is 12.1. The van der Waals surface area contributed by atoms with Gasteiger partial charge in [-0.05, 0) is 17.7 Å². The first kappa shape index (κ1) is 15.1. The van der Waals surface area contributed by atoms with Crippen LogP contribution in [-0.4, -0.2) is 18.4 Å². The molecule has 1 aliphatic rings. The molecule has 23 heavy (non-hydrogen) atoms. The number of hydrogen-bond acceptors (Lipinski definition) is 3. The van der Waals surface area contributed by atoms with Gasteiger partial charge < -0.3 is 15.4 Å². The number of benzene rings is 2.